The first-order valence-corrected chi connectivity index (χ1v) is 18.9. The molecule has 1 aliphatic rings. The molecule has 6 aromatic rings. The molecule has 12 heteroatoms. The molecule has 0 radical (unpaired) electrons. The third-order valence-electron chi connectivity index (χ3n) is 10.1. The number of alkyl halides is 5. The van der Waals surface area contributed by atoms with Crippen molar-refractivity contribution in [2.45, 2.75) is 83.2 Å². The number of halogens is 5. The molecule has 7 rings (SSSR count). The first kappa shape index (κ1) is 37.2. The summed E-state index contributed by atoms with van der Waals surface area (Å²) in [7, 11) is 0. The number of rotatable bonds is 16. The largest absolute Gasteiger partial charge is 0.487 e. The Kier molecular flexibility index (Phi) is 11.6. The zero-order valence-electron chi connectivity index (χ0n) is 30.1. The molecular weight excluding hydrogens is 699 g/mol. The maximum Gasteiger partial charge on any atom is 0.389 e. The number of aromatic nitrogens is 4. The fourth-order valence-corrected chi connectivity index (χ4v) is 7.33. The lowest BCUT2D eigenvalue weighted by atomic mass is 9.99. The number of ether oxygens (including phenoxy) is 1. The smallest absolute Gasteiger partial charge is 0.389 e. The predicted molar refractivity (Wildman–Crippen MR) is 204 cm³/mol. The van der Waals surface area contributed by atoms with Gasteiger partial charge in [-0.25, -0.2) is 13.3 Å². The van der Waals surface area contributed by atoms with Crippen LogP contribution in [-0.2, 0) is 19.3 Å². The number of para-hydroxylation sites is 1. The van der Waals surface area contributed by atoms with Gasteiger partial charge < -0.3 is 19.9 Å². The molecular formula is C42H45F5N6O. The van der Waals surface area contributed by atoms with E-state index in [9.17, 15) is 22.0 Å². The number of nitrogens with zero attached hydrogens (tertiary/aromatic N) is 4. The van der Waals surface area contributed by atoms with Crippen molar-refractivity contribution in [2.24, 2.45) is 0 Å². The minimum absolute atomic E-state index is 0.184. The second kappa shape index (κ2) is 16.9. The number of aryl methyl sites for hydroxylation is 1. The van der Waals surface area contributed by atoms with Crippen LogP contribution in [0, 0.1) is 0 Å². The van der Waals surface area contributed by atoms with E-state index in [-0.39, 0.29) is 6.42 Å². The van der Waals surface area contributed by atoms with Crippen LogP contribution in [0.2, 0.25) is 0 Å². The number of anilines is 3. The lowest BCUT2D eigenvalue weighted by molar-refractivity contribution is -0.135. The molecule has 3 aromatic carbocycles. The molecule has 7 nitrogen and oxygen atoms in total. The van der Waals surface area contributed by atoms with E-state index in [2.05, 4.69) is 57.7 Å². The zero-order valence-corrected chi connectivity index (χ0v) is 30.1. The van der Waals surface area contributed by atoms with Crippen LogP contribution in [0.3, 0.4) is 0 Å². The number of aromatic amines is 1. The Hall–Kier alpha value is -5.13. The molecule has 0 fully saturated rings. The molecule has 0 atom stereocenters. The Morgan fingerprint density at radius 1 is 0.796 bits per heavy atom. The van der Waals surface area contributed by atoms with Gasteiger partial charge in [0.15, 0.2) is 5.65 Å². The van der Waals surface area contributed by atoms with Gasteiger partial charge in [-0.3, -0.25) is 0 Å². The summed E-state index contributed by atoms with van der Waals surface area (Å²) in [4.78, 5) is 10.8. The quantitative estimate of drug-likeness (QED) is 0.0763. The predicted octanol–water partition coefficient (Wildman–Crippen LogP) is 11.1. The van der Waals surface area contributed by atoms with Crippen molar-refractivity contribution < 1.29 is 26.7 Å². The number of fused-ring (bicyclic) bond motifs is 3. The van der Waals surface area contributed by atoms with E-state index in [0.717, 1.165) is 87.0 Å². The second-order valence-electron chi connectivity index (χ2n) is 14.1. The topological polar surface area (TPSA) is 70.5 Å². The van der Waals surface area contributed by atoms with Gasteiger partial charge in [-0.05, 0) is 97.3 Å². The molecule has 0 amide bonds. The van der Waals surface area contributed by atoms with Crippen molar-refractivity contribution in [1.82, 2.24) is 19.6 Å². The monoisotopic (exact) mass is 744 g/mol. The van der Waals surface area contributed by atoms with E-state index < -0.39 is 25.6 Å². The average molecular weight is 745 g/mol. The highest BCUT2D eigenvalue weighted by Gasteiger charge is 2.25. The minimum Gasteiger partial charge on any atom is -0.487 e. The first-order valence-electron chi connectivity index (χ1n) is 18.9. The molecule has 0 aliphatic carbocycles. The van der Waals surface area contributed by atoms with E-state index in [4.69, 9.17) is 14.8 Å². The number of unbranched alkanes of at least 4 members (excludes halogenated alkanes) is 6. The van der Waals surface area contributed by atoms with Gasteiger partial charge in [0.25, 0.3) is 6.43 Å². The Morgan fingerprint density at radius 2 is 1.57 bits per heavy atom. The summed E-state index contributed by atoms with van der Waals surface area (Å²) in [6, 6.07) is 26.3. The summed E-state index contributed by atoms with van der Waals surface area (Å²) in [5.41, 5.74) is 7.59. The molecule has 0 spiro atoms. The van der Waals surface area contributed by atoms with Crippen LogP contribution in [0.4, 0.5) is 39.4 Å². The van der Waals surface area contributed by atoms with Crippen LogP contribution in [0.15, 0.2) is 85.1 Å². The Balaban J connectivity index is 1.02. The van der Waals surface area contributed by atoms with E-state index >= 15 is 0 Å². The maximum atomic E-state index is 13.2. The summed E-state index contributed by atoms with van der Waals surface area (Å²) >= 11 is 0. The molecule has 0 bridgehead atoms. The van der Waals surface area contributed by atoms with Crippen molar-refractivity contribution in [3.8, 4) is 16.9 Å². The van der Waals surface area contributed by atoms with Crippen LogP contribution in [-0.4, -0.2) is 51.9 Å². The van der Waals surface area contributed by atoms with Crippen molar-refractivity contribution >= 4 is 34.0 Å². The van der Waals surface area contributed by atoms with Crippen molar-refractivity contribution in [3.05, 3.63) is 102 Å². The number of hydrogen-bond acceptors (Lipinski definition) is 5. The molecule has 3 aromatic heterocycles. The number of hydrogen-bond donors (Lipinski definition) is 2. The molecule has 2 N–H and O–H groups in total. The molecule has 4 heterocycles. The third kappa shape index (κ3) is 9.50. The van der Waals surface area contributed by atoms with E-state index in [1.54, 1.807) is 16.8 Å². The molecule has 0 saturated heterocycles. The summed E-state index contributed by atoms with van der Waals surface area (Å²) in [6.07, 6.45) is 2.29. The number of H-pyrrole nitrogens is 1. The van der Waals surface area contributed by atoms with Crippen LogP contribution in [0.25, 0.3) is 27.7 Å². The molecule has 0 unspecified atom stereocenters. The summed E-state index contributed by atoms with van der Waals surface area (Å²) < 4.78 is 70.8. The Morgan fingerprint density at radius 3 is 2.37 bits per heavy atom. The van der Waals surface area contributed by atoms with Crippen molar-refractivity contribution in [2.75, 3.05) is 29.9 Å². The molecule has 284 valence electrons. The van der Waals surface area contributed by atoms with Crippen LogP contribution in [0.5, 0.6) is 5.75 Å². The normalized spacial score (nSPS) is 13.5. The minimum atomic E-state index is -4.08. The third-order valence-corrected chi connectivity index (χ3v) is 10.1. The number of benzene rings is 3. The van der Waals surface area contributed by atoms with Crippen LogP contribution >= 0.6 is 0 Å². The lowest BCUT2D eigenvalue weighted by Gasteiger charge is -2.20. The van der Waals surface area contributed by atoms with Gasteiger partial charge in [-0.1, -0.05) is 62.4 Å². The van der Waals surface area contributed by atoms with Gasteiger partial charge in [-0.15, -0.1) is 5.10 Å². The van der Waals surface area contributed by atoms with Gasteiger partial charge in [0.05, 0.1) is 0 Å². The van der Waals surface area contributed by atoms with Gasteiger partial charge in [0.2, 0.25) is 5.95 Å². The van der Waals surface area contributed by atoms with E-state index in [1.807, 2.05) is 30.3 Å². The number of nitrogens with one attached hydrogen (secondary N) is 2. The fraction of sp³-hybridized carbons (Fsp3) is 0.381. The molecule has 0 saturated carbocycles. The maximum absolute atomic E-state index is 13.2. The van der Waals surface area contributed by atoms with Crippen LogP contribution in [0.1, 0.15) is 68.1 Å². The first-order chi connectivity index (χ1) is 26.2. The second-order valence-corrected chi connectivity index (χ2v) is 14.1. The van der Waals surface area contributed by atoms with Gasteiger partial charge in [-0.2, -0.15) is 18.2 Å². The molecule has 1 aliphatic heterocycles. The Bertz CT molecular complexity index is 2130. The van der Waals surface area contributed by atoms with Crippen molar-refractivity contribution in [1.29, 1.82) is 0 Å². The lowest BCUT2D eigenvalue weighted by Crippen LogP contribution is -2.26. The summed E-state index contributed by atoms with van der Waals surface area (Å²) in [5, 5.41) is 9.29. The summed E-state index contributed by atoms with van der Waals surface area (Å²) in [5.74, 6) is 1.89. The molecule has 54 heavy (non-hydrogen) atoms. The number of pyridine rings is 1. The van der Waals surface area contributed by atoms with E-state index in [1.165, 1.54) is 16.5 Å². The van der Waals surface area contributed by atoms with Crippen molar-refractivity contribution in [3.63, 3.8) is 0 Å². The standard InChI is InChI=1S/C42H45F5N6O/c43-38(44)28-54-37-18-15-29(11-6-4-2-1-3-5-9-21-42(45,46)47)25-35(37)34-13-10-22-53-40(34)50-41(51-53)48-33-17-16-30-19-23-52(24-20-31(30)26-33)39-27-32-12-7-8-14-36(32)49-39/h7-8,10,12-18,22,25-27,38,49H,1-6,9,11,19-21,23-24,28H2,(H,48,51). The van der Waals surface area contributed by atoms with Crippen LogP contribution < -0.4 is 15.0 Å². The Labute approximate surface area is 311 Å². The van der Waals surface area contributed by atoms with Gasteiger partial charge in [0, 0.05) is 53.4 Å². The average Bonchev–Trinajstić information content (AvgIpc) is 3.71. The fourth-order valence-electron chi connectivity index (χ4n) is 7.33. The van der Waals surface area contributed by atoms with Gasteiger partial charge >= 0.3 is 6.18 Å². The highest BCUT2D eigenvalue weighted by molar-refractivity contribution is 5.84. The zero-order chi connectivity index (χ0) is 37.5. The highest BCUT2D eigenvalue weighted by atomic mass is 19.4. The highest BCUT2D eigenvalue weighted by Crippen LogP contribution is 2.35. The van der Waals surface area contributed by atoms with E-state index in [0.29, 0.717) is 34.9 Å². The SMILES string of the molecule is FC(F)COc1ccc(CCCCCCCCCC(F)(F)F)cc1-c1cccn2nc(Nc3ccc4c(c3)CCN(c3cc5ccccc5[nH]3)CC4)nc12. The summed E-state index contributed by atoms with van der Waals surface area (Å²) in [6.45, 7) is 1.09. The van der Waals surface area contributed by atoms with Gasteiger partial charge in [0.1, 0.15) is 18.2 Å².